The minimum atomic E-state index is 0.666. The van der Waals surface area contributed by atoms with Crippen LogP contribution in [-0.4, -0.2) is 15.2 Å². The number of nitrogens with two attached hydrogens (primary N) is 1. The summed E-state index contributed by atoms with van der Waals surface area (Å²) in [6, 6.07) is 11.9. The Labute approximate surface area is 123 Å². The van der Waals surface area contributed by atoms with E-state index in [1.165, 1.54) is 25.7 Å². The predicted molar refractivity (Wildman–Crippen MR) is 83.4 cm³/mol. The number of nitrogens with zero attached hydrogens (tertiary/aromatic N) is 2. The molecule has 104 valence electrons. The molecule has 3 rings (SSSR count). The van der Waals surface area contributed by atoms with Crippen molar-refractivity contribution in [3.8, 4) is 11.4 Å². The Balaban J connectivity index is 1.90. The van der Waals surface area contributed by atoms with Gasteiger partial charge in [-0.15, -0.1) is 11.8 Å². The summed E-state index contributed by atoms with van der Waals surface area (Å²) in [4.78, 5) is 9.11. The molecule has 20 heavy (non-hydrogen) atoms. The largest absolute Gasteiger partial charge is 0.308 e. The van der Waals surface area contributed by atoms with Crippen LogP contribution in [0.3, 0.4) is 0 Å². The minimum Gasteiger partial charge on any atom is -0.308 e. The van der Waals surface area contributed by atoms with Gasteiger partial charge in [0.25, 0.3) is 0 Å². The molecule has 0 atom stereocenters. The van der Waals surface area contributed by atoms with Gasteiger partial charge in [-0.1, -0.05) is 43.2 Å². The molecule has 3 N–H and O–H groups in total. The number of hydrazine groups is 1. The van der Waals surface area contributed by atoms with Crippen LogP contribution in [0.2, 0.25) is 0 Å². The molecule has 0 saturated heterocycles. The summed E-state index contributed by atoms with van der Waals surface area (Å²) >= 11 is 1.84. The second-order valence-corrected chi connectivity index (χ2v) is 6.27. The maximum absolute atomic E-state index is 5.52. The third-order valence-electron chi connectivity index (χ3n) is 3.47. The average molecular weight is 286 g/mol. The van der Waals surface area contributed by atoms with E-state index in [4.69, 9.17) is 5.84 Å². The standard InChI is InChI=1S/C15H18N4S/c16-19-13-10-14(20-12-8-4-5-9-12)18-15(17-13)11-6-2-1-3-7-11/h1-3,6-7,10,12H,4-5,8-9,16H2,(H,17,18,19). The van der Waals surface area contributed by atoms with Crippen molar-refractivity contribution < 1.29 is 0 Å². The third-order valence-corrected chi connectivity index (χ3v) is 4.73. The van der Waals surface area contributed by atoms with Crippen LogP contribution in [0.25, 0.3) is 11.4 Å². The highest BCUT2D eigenvalue weighted by Gasteiger charge is 2.18. The molecule has 1 aliphatic carbocycles. The fourth-order valence-corrected chi connectivity index (χ4v) is 3.68. The first kappa shape index (κ1) is 13.4. The van der Waals surface area contributed by atoms with Gasteiger partial charge < -0.3 is 5.43 Å². The first-order chi connectivity index (χ1) is 9.85. The van der Waals surface area contributed by atoms with E-state index in [2.05, 4.69) is 15.4 Å². The van der Waals surface area contributed by atoms with Crippen LogP contribution >= 0.6 is 11.8 Å². The molecule has 1 aromatic heterocycles. The summed E-state index contributed by atoms with van der Waals surface area (Å²) in [5.74, 6) is 6.91. The first-order valence-electron chi connectivity index (χ1n) is 6.93. The highest BCUT2D eigenvalue weighted by molar-refractivity contribution is 7.99. The summed E-state index contributed by atoms with van der Waals surface area (Å²) in [6.07, 6.45) is 5.22. The van der Waals surface area contributed by atoms with Crippen molar-refractivity contribution in [1.82, 2.24) is 9.97 Å². The number of hydrogen-bond donors (Lipinski definition) is 2. The normalized spacial score (nSPS) is 15.4. The third kappa shape index (κ3) is 3.11. The Kier molecular flexibility index (Phi) is 4.18. The molecular formula is C15H18N4S. The van der Waals surface area contributed by atoms with Crippen molar-refractivity contribution in [2.75, 3.05) is 5.43 Å². The molecule has 1 saturated carbocycles. The van der Waals surface area contributed by atoms with E-state index in [9.17, 15) is 0 Å². The summed E-state index contributed by atoms with van der Waals surface area (Å²) in [5, 5.41) is 1.68. The van der Waals surface area contributed by atoms with Crippen LogP contribution in [0.15, 0.2) is 41.4 Å². The zero-order valence-corrected chi connectivity index (χ0v) is 12.1. The lowest BCUT2D eigenvalue weighted by atomic mass is 10.2. The number of rotatable bonds is 4. The van der Waals surface area contributed by atoms with E-state index in [0.717, 1.165) is 16.4 Å². The fraction of sp³-hybridized carbons (Fsp3) is 0.333. The van der Waals surface area contributed by atoms with Crippen molar-refractivity contribution in [3.05, 3.63) is 36.4 Å². The number of nitrogens with one attached hydrogen (secondary N) is 1. The average Bonchev–Trinajstić information content (AvgIpc) is 3.00. The minimum absolute atomic E-state index is 0.666. The molecule has 0 amide bonds. The van der Waals surface area contributed by atoms with E-state index in [1.54, 1.807) is 0 Å². The van der Waals surface area contributed by atoms with Crippen molar-refractivity contribution in [3.63, 3.8) is 0 Å². The molecule has 0 bridgehead atoms. The van der Waals surface area contributed by atoms with E-state index >= 15 is 0 Å². The Morgan fingerprint density at radius 1 is 1.10 bits per heavy atom. The Bertz CT molecular complexity index is 567. The second kappa shape index (κ2) is 6.24. The molecule has 4 nitrogen and oxygen atoms in total. The van der Waals surface area contributed by atoms with Crippen molar-refractivity contribution in [2.24, 2.45) is 5.84 Å². The van der Waals surface area contributed by atoms with Gasteiger partial charge in [-0.3, -0.25) is 0 Å². The van der Waals surface area contributed by atoms with Crippen LogP contribution in [0.5, 0.6) is 0 Å². The van der Waals surface area contributed by atoms with Crippen LogP contribution in [-0.2, 0) is 0 Å². The molecule has 0 aliphatic heterocycles. The maximum Gasteiger partial charge on any atom is 0.162 e. The Morgan fingerprint density at radius 2 is 1.85 bits per heavy atom. The van der Waals surface area contributed by atoms with Gasteiger partial charge in [0.15, 0.2) is 5.82 Å². The van der Waals surface area contributed by atoms with Gasteiger partial charge in [0.1, 0.15) is 10.8 Å². The molecule has 1 fully saturated rings. The zero-order valence-electron chi connectivity index (χ0n) is 11.2. The van der Waals surface area contributed by atoms with Gasteiger partial charge in [-0.25, -0.2) is 15.8 Å². The second-order valence-electron chi connectivity index (χ2n) is 4.95. The van der Waals surface area contributed by atoms with E-state index in [-0.39, 0.29) is 0 Å². The van der Waals surface area contributed by atoms with E-state index in [0.29, 0.717) is 11.1 Å². The lowest BCUT2D eigenvalue weighted by molar-refractivity contribution is 0.886. The van der Waals surface area contributed by atoms with Gasteiger partial charge in [-0.2, -0.15) is 0 Å². The molecule has 0 spiro atoms. The summed E-state index contributed by atoms with van der Waals surface area (Å²) in [6.45, 7) is 0. The topological polar surface area (TPSA) is 63.8 Å². The van der Waals surface area contributed by atoms with Crippen LogP contribution in [0.1, 0.15) is 25.7 Å². The maximum atomic E-state index is 5.52. The summed E-state index contributed by atoms with van der Waals surface area (Å²) in [5.41, 5.74) is 3.65. The Morgan fingerprint density at radius 3 is 2.55 bits per heavy atom. The van der Waals surface area contributed by atoms with Crippen molar-refractivity contribution in [2.45, 2.75) is 36.0 Å². The Hall–Kier alpha value is -1.59. The van der Waals surface area contributed by atoms with Gasteiger partial charge in [0.05, 0.1) is 0 Å². The smallest absolute Gasteiger partial charge is 0.162 e. The van der Waals surface area contributed by atoms with Gasteiger partial charge in [0, 0.05) is 16.9 Å². The SMILES string of the molecule is NNc1cc(SC2CCCC2)nc(-c2ccccc2)n1. The quantitative estimate of drug-likeness (QED) is 0.512. The van der Waals surface area contributed by atoms with Gasteiger partial charge >= 0.3 is 0 Å². The van der Waals surface area contributed by atoms with Gasteiger partial charge in [0.2, 0.25) is 0 Å². The summed E-state index contributed by atoms with van der Waals surface area (Å²) < 4.78 is 0. The molecular weight excluding hydrogens is 268 g/mol. The summed E-state index contributed by atoms with van der Waals surface area (Å²) in [7, 11) is 0. The van der Waals surface area contributed by atoms with Crippen LogP contribution in [0.4, 0.5) is 5.82 Å². The lowest BCUT2D eigenvalue weighted by Crippen LogP contribution is -2.10. The lowest BCUT2D eigenvalue weighted by Gasteiger charge is -2.11. The predicted octanol–water partition coefficient (Wildman–Crippen LogP) is 3.46. The highest BCUT2D eigenvalue weighted by Crippen LogP contribution is 2.35. The molecule has 0 unspecified atom stereocenters. The number of benzene rings is 1. The van der Waals surface area contributed by atoms with E-state index in [1.807, 2.05) is 48.2 Å². The molecule has 2 aromatic rings. The number of anilines is 1. The molecule has 5 heteroatoms. The monoisotopic (exact) mass is 286 g/mol. The number of nitrogen functional groups attached to an aromatic ring is 1. The van der Waals surface area contributed by atoms with Crippen LogP contribution in [0, 0.1) is 0 Å². The van der Waals surface area contributed by atoms with E-state index < -0.39 is 0 Å². The fourth-order valence-electron chi connectivity index (χ4n) is 2.45. The molecule has 1 heterocycles. The van der Waals surface area contributed by atoms with Crippen molar-refractivity contribution >= 4 is 17.6 Å². The molecule has 1 aromatic carbocycles. The number of hydrogen-bond acceptors (Lipinski definition) is 5. The number of aromatic nitrogens is 2. The molecule has 0 radical (unpaired) electrons. The number of thioether (sulfide) groups is 1. The molecule has 1 aliphatic rings. The first-order valence-corrected chi connectivity index (χ1v) is 7.81. The van der Waals surface area contributed by atoms with Crippen LogP contribution < -0.4 is 11.3 Å². The van der Waals surface area contributed by atoms with Crippen molar-refractivity contribution in [1.29, 1.82) is 0 Å². The van der Waals surface area contributed by atoms with Gasteiger partial charge in [-0.05, 0) is 12.8 Å². The highest BCUT2D eigenvalue weighted by atomic mass is 32.2. The zero-order chi connectivity index (χ0) is 13.8.